The van der Waals surface area contributed by atoms with Crippen LogP contribution in [0.2, 0.25) is 0 Å². The van der Waals surface area contributed by atoms with Crippen LogP contribution < -0.4 is 5.73 Å². The Balaban J connectivity index is 2.72. The monoisotopic (exact) mass is 196 g/mol. The Morgan fingerprint density at radius 1 is 1.85 bits per heavy atom. The molecule has 0 aliphatic heterocycles. The molecule has 0 aromatic carbocycles. The van der Waals surface area contributed by atoms with Gasteiger partial charge in [0.2, 0.25) is 0 Å². The largest absolute Gasteiger partial charge is 0.481 e. The second kappa shape index (κ2) is 4.03. The molecule has 1 atom stereocenters. The molecular formula is C8H8N2O2S. The average molecular weight is 196 g/mol. The molecule has 0 saturated heterocycles. The van der Waals surface area contributed by atoms with Gasteiger partial charge in [-0.1, -0.05) is 0 Å². The molecule has 0 radical (unpaired) electrons. The summed E-state index contributed by atoms with van der Waals surface area (Å²) >= 11 is 1.27. The zero-order valence-electron chi connectivity index (χ0n) is 6.73. The molecular weight excluding hydrogens is 188 g/mol. The lowest BCUT2D eigenvalue weighted by Crippen LogP contribution is -2.14. The van der Waals surface area contributed by atoms with E-state index >= 15 is 0 Å². The highest BCUT2D eigenvalue weighted by Gasteiger charge is 2.12. The fourth-order valence-electron chi connectivity index (χ4n) is 0.910. The highest BCUT2D eigenvalue weighted by Crippen LogP contribution is 2.20. The van der Waals surface area contributed by atoms with Crippen molar-refractivity contribution in [1.29, 1.82) is 5.26 Å². The number of nitrogens with two attached hydrogens (primary N) is 1. The molecule has 0 spiro atoms. The minimum absolute atomic E-state index is 0.110. The summed E-state index contributed by atoms with van der Waals surface area (Å²) in [6.45, 7) is 0. The van der Waals surface area contributed by atoms with E-state index in [1.165, 1.54) is 11.3 Å². The minimum Gasteiger partial charge on any atom is -0.481 e. The number of thiophene rings is 1. The lowest BCUT2D eigenvalue weighted by atomic mass is 10.1. The summed E-state index contributed by atoms with van der Waals surface area (Å²) in [6.07, 6.45) is -0.110. The van der Waals surface area contributed by atoms with Crippen molar-refractivity contribution in [1.82, 2.24) is 0 Å². The van der Waals surface area contributed by atoms with E-state index in [0.717, 1.165) is 0 Å². The Morgan fingerprint density at radius 2 is 2.54 bits per heavy atom. The van der Waals surface area contributed by atoms with Crippen molar-refractivity contribution in [2.45, 2.75) is 12.5 Å². The van der Waals surface area contributed by atoms with Gasteiger partial charge in [-0.2, -0.15) is 5.26 Å². The summed E-state index contributed by atoms with van der Waals surface area (Å²) in [4.78, 5) is 10.9. The number of nitriles is 1. The van der Waals surface area contributed by atoms with Crippen LogP contribution in [0.1, 0.15) is 22.9 Å². The molecule has 3 N–H and O–H groups in total. The lowest BCUT2D eigenvalue weighted by molar-refractivity contribution is -0.137. The number of hydrogen-bond donors (Lipinski definition) is 2. The molecule has 1 heterocycles. The van der Waals surface area contributed by atoms with Crippen LogP contribution in [0.5, 0.6) is 0 Å². The number of hydrogen-bond acceptors (Lipinski definition) is 4. The molecule has 0 bridgehead atoms. The first-order valence-corrected chi connectivity index (χ1v) is 4.47. The summed E-state index contributed by atoms with van der Waals surface area (Å²) in [5.41, 5.74) is 6.29. The fourth-order valence-corrected chi connectivity index (χ4v) is 1.67. The Kier molecular flexibility index (Phi) is 3.01. The van der Waals surface area contributed by atoms with Crippen molar-refractivity contribution in [2.24, 2.45) is 5.73 Å². The maximum absolute atomic E-state index is 10.3. The van der Waals surface area contributed by atoms with Crippen LogP contribution in [0.3, 0.4) is 0 Å². The smallest absolute Gasteiger partial charge is 0.305 e. The van der Waals surface area contributed by atoms with Crippen LogP contribution in [-0.2, 0) is 4.79 Å². The number of rotatable bonds is 3. The summed E-state index contributed by atoms with van der Waals surface area (Å²) in [6, 6.07) is 3.08. The van der Waals surface area contributed by atoms with E-state index < -0.39 is 12.0 Å². The van der Waals surface area contributed by atoms with E-state index in [1.807, 2.05) is 6.07 Å². The van der Waals surface area contributed by atoms with Gasteiger partial charge in [0.05, 0.1) is 6.42 Å². The molecule has 0 amide bonds. The molecule has 1 aromatic rings. The SMILES string of the molecule is N#Cc1cc([C@@H](N)CC(=O)O)cs1. The van der Waals surface area contributed by atoms with Gasteiger partial charge in [-0.3, -0.25) is 4.79 Å². The van der Waals surface area contributed by atoms with E-state index in [1.54, 1.807) is 11.4 Å². The Morgan fingerprint density at radius 3 is 3.00 bits per heavy atom. The highest BCUT2D eigenvalue weighted by atomic mass is 32.1. The van der Waals surface area contributed by atoms with Crippen LogP contribution in [0.4, 0.5) is 0 Å². The summed E-state index contributed by atoms with van der Waals surface area (Å²) < 4.78 is 0. The predicted octanol–water partition coefficient (Wildman–Crippen LogP) is 1.09. The van der Waals surface area contributed by atoms with Gasteiger partial charge in [-0.15, -0.1) is 11.3 Å². The first-order chi connectivity index (χ1) is 6.13. The molecule has 0 aliphatic rings. The number of nitrogens with zero attached hydrogens (tertiary/aromatic N) is 1. The highest BCUT2D eigenvalue weighted by molar-refractivity contribution is 7.10. The zero-order chi connectivity index (χ0) is 9.84. The minimum atomic E-state index is -0.933. The molecule has 1 aromatic heterocycles. The molecule has 0 fully saturated rings. The maximum Gasteiger partial charge on any atom is 0.305 e. The average Bonchev–Trinajstić information content (AvgIpc) is 2.50. The maximum atomic E-state index is 10.3. The third-order valence-electron chi connectivity index (χ3n) is 1.55. The van der Waals surface area contributed by atoms with E-state index in [0.29, 0.717) is 10.4 Å². The molecule has 13 heavy (non-hydrogen) atoms. The standard InChI is InChI=1S/C8H8N2O2S/c9-3-6-1-5(4-13-6)7(10)2-8(11)12/h1,4,7H,2,10H2,(H,11,12)/t7-/m0/s1. The van der Waals surface area contributed by atoms with Gasteiger partial charge in [-0.25, -0.2) is 0 Å². The van der Waals surface area contributed by atoms with Gasteiger partial charge < -0.3 is 10.8 Å². The third kappa shape index (κ3) is 2.54. The predicted molar refractivity (Wildman–Crippen MR) is 48.2 cm³/mol. The van der Waals surface area contributed by atoms with Gasteiger partial charge in [0, 0.05) is 6.04 Å². The van der Waals surface area contributed by atoms with Crippen LogP contribution in [0.25, 0.3) is 0 Å². The molecule has 0 unspecified atom stereocenters. The zero-order valence-corrected chi connectivity index (χ0v) is 7.54. The lowest BCUT2D eigenvalue weighted by Gasteiger charge is -2.04. The quantitative estimate of drug-likeness (QED) is 0.757. The van der Waals surface area contributed by atoms with Crippen molar-refractivity contribution in [2.75, 3.05) is 0 Å². The van der Waals surface area contributed by atoms with Gasteiger partial charge >= 0.3 is 5.97 Å². The van der Waals surface area contributed by atoms with Crippen LogP contribution in [-0.4, -0.2) is 11.1 Å². The number of aliphatic carboxylic acids is 1. The summed E-state index contributed by atoms with van der Waals surface area (Å²) in [7, 11) is 0. The summed E-state index contributed by atoms with van der Waals surface area (Å²) in [5.74, 6) is -0.933. The van der Waals surface area contributed by atoms with E-state index in [9.17, 15) is 4.79 Å². The van der Waals surface area contributed by atoms with Crippen molar-refractivity contribution < 1.29 is 9.90 Å². The van der Waals surface area contributed by atoms with Crippen molar-refractivity contribution in [3.63, 3.8) is 0 Å². The molecule has 68 valence electrons. The Hall–Kier alpha value is -1.38. The second-order valence-electron chi connectivity index (χ2n) is 2.56. The van der Waals surface area contributed by atoms with E-state index in [2.05, 4.69) is 0 Å². The number of carboxylic acid groups (broad SMARTS) is 1. The normalized spacial score (nSPS) is 12.0. The van der Waals surface area contributed by atoms with Gasteiger partial charge in [0.1, 0.15) is 10.9 Å². The van der Waals surface area contributed by atoms with Crippen molar-refractivity contribution in [3.8, 4) is 6.07 Å². The first-order valence-electron chi connectivity index (χ1n) is 3.59. The van der Waals surface area contributed by atoms with E-state index in [4.69, 9.17) is 16.1 Å². The Bertz CT molecular complexity index is 353. The third-order valence-corrected chi connectivity index (χ3v) is 2.41. The van der Waals surface area contributed by atoms with Crippen LogP contribution in [0, 0.1) is 11.3 Å². The number of carboxylic acids is 1. The van der Waals surface area contributed by atoms with Gasteiger partial charge in [0.15, 0.2) is 0 Å². The summed E-state index contributed by atoms with van der Waals surface area (Å²) in [5, 5.41) is 18.7. The van der Waals surface area contributed by atoms with Gasteiger partial charge in [-0.05, 0) is 17.0 Å². The number of carbonyl (C=O) groups is 1. The fraction of sp³-hybridized carbons (Fsp3) is 0.250. The van der Waals surface area contributed by atoms with Crippen molar-refractivity contribution in [3.05, 3.63) is 21.9 Å². The van der Waals surface area contributed by atoms with Crippen LogP contribution >= 0.6 is 11.3 Å². The van der Waals surface area contributed by atoms with Crippen molar-refractivity contribution >= 4 is 17.3 Å². The first kappa shape index (κ1) is 9.71. The van der Waals surface area contributed by atoms with Crippen LogP contribution in [0.15, 0.2) is 11.4 Å². The molecule has 4 nitrogen and oxygen atoms in total. The van der Waals surface area contributed by atoms with E-state index in [-0.39, 0.29) is 6.42 Å². The topological polar surface area (TPSA) is 87.1 Å². The molecule has 0 saturated carbocycles. The molecule has 5 heteroatoms. The molecule has 0 aliphatic carbocycles. The van der Waals surface area contributed by atoms with Gasteiger partial charge in [0.25, 0.3) is 0 Å². The molecule has 1 rings (SSSR count). The Labute approximate surface area is 79.2 Å². The second-order valence-corrected chi connectivity index (χ2v) is 3.47.